The van der Waals surface area contributed by atoms with E-state index in [9.17, 15) is 53.4 Å². The van der Waals surface area contributed by atoms with Gasteiger partial charge in [-0.05, 0) is 66.9 Å². The third-order valence-corrected chi connectivity index (χ3v) is 16.1. The molecule has 8 atom stereocenters. The van der Waals surface area contributed by atoms with E-state index in [4.69, 9.17) is 4.74 Å². The number of rotatable bonds is 15. The van der Waals surface area contributed by atoms with E-state index < -0.39 is 40.9 Å². The van der Waals surface area contributed by atoms with Gasteiger partial charge in [-0.2, -0.15) is 0 Å². The quantitative estimate of drug-likeness (QED) is 0.0560. The molecule has 68 heavy (non-hydrogen) atoms. The molecule has 6 aliphatic rings. The molecule has 0 unspecified atom stereocenters. The molecule has 15 nitrogen and oxygen atoms in total. The molecule has 0 spiro atoms. The third-order valence-electron chi connectivity index (χ3n) is 13.2. The van der Waals surface area contributed by atoms with Gasteiger partial charge in [-0.15, -0.1) is 23.5 Å². The van der Waals surface area contributed by atoms with Crippen LogP contribution in [0.15, 0.2) is 94.0 Å². The zero-order valence-electron chi connectivity index (χ0n) is 38.0. The number of esters is 1. The van der Waals surface area contributed by atoms with Crippen LogP contribution in [0.5, 0.6) is 0 Å². The van der Waals surface area contributed by atoms with Crippen molar-refractivity contribution in [2.24, 2.45) is 23.7 Å². The van der Waals surface area contributed by atoms with Crippen LogP contribution in [0.25, 0.3) is 0 Å². The van der Waals surface area contributed by atoms with Gasteiger partial charge in [0.1, 0.15) is 23.9 Å². The molecular formula is C47H50ClF2KN5O10S2-. The number of aliphatic hydroxyl groups is 2. The fourth-order valence-electron chi connectivity index (χ4n) is 9.78. The average molecular weight is 1020 g/mol. The summed E-state index contributed by atoms with van der Waals surface area (Å²) in [5.74, 6) is -4.52. The minimum absolute atomic E-state index is 0. The van der Waals surface area contributed by atoms with Crippen molar-refractivity contribution in [2.45, 2.75) is 82.2 Å². The number of non-ortho nitro benzene ring substituents is 1. The minimum Gasteiger partial charge on any atom is -1.00 e. The number of amides is 2. The molecule has 0 aliphatic carbocycles. The maximum atomic E-state index is 13.3. The van der Waals surface area contributed by atoms with Crippen molar-refractivity contribution < 1.29 is 117 Å². The average Bonchev–Trinajstić information content (AvgIpc) is 3.63. The van der Waals surface area contributed by atoms with Gasteiger partial charge in [-0.1, -0.05) is 38.1 Å². The molecule has 6 aliphatic heterocycles. The van der Waals surface area contributed by atoms with Gasteiger partial charge in [0, 0.05) is 83.5 Å². The normalized spacial score (nSPS) is 25.3. The van der Waals surface area contributed by atoms with Crippen LogP contribution in [-0.4, -0.2) is 119 Å². The molecule has 0 bridgehead atoms. The van der Waals surface area contributed by atoms with Gasteiger partial charge in [0.15, 0.2) is 0 Å². The first-order valence-electron chi connectivity index (χ1n) is 21.8. The number of fused-ring (bicyclic) bond motifs is 2. The van der Waals surface area contributed by atoms with E-state index in [0.717, 1.165) is 48.8 Å². The van der Waals surface area contributed by atoms with Gasteiger partial charge in [-0.25, -0.2) is 13.6 Å². The molecule has 2 N–H and O–H groups in total. The number of nitrogens with zero attached hydrogens (tertiary/aromatic N) is 5. The number of nitro groups is 1. The summed E-state index contributed by atoms with van der Waals surface area (Å²) in [5, 5.41) is 43.1. The summed E-state index contributed by atoms with van der Waals surface area (Å²) in [6.45, 7) is 11.5. The van der Waals surface area contributed by atoms with Crippen LogP contribution >= 0.6 is 23.5 Å². The predicted molar refractivity (Wildman–Crippen MR) is 238 cm³/mol. The largest absolute Gasteiger partial charge is 1.00 e. The first-order valence-corrected chi connectivity index (χ1v) is 23.6. The Morgan fingerprint density at radius 3 is 1.49 bits per heavy atom. The van der Waals surface area contributed by atoms with Crippen LogP contribution in [0.3, 0.4) is 0 Å². The molecule has 358 valence electrons. The summed E-state index contributed by atoms with van der Waals surface area (Å²) in [6, 6.07) is 18.0. The van der Waals surface area contributed by atoms with Crippen molar-refractivity contribution in [3.63, 3.8) is 0 Å². The van der Waals surface area contributed by atoms with E-state index in [1.54, 1.807) is 49.9 Å². The standard InChI is InChI=1S/C27H28FN3O6S.C20H23FN2O4S.ClH.K/c1-15-23-22(16(2)32)26(33)30(23)24(27(34)37-14-18-5-9-20(10-6-18)31(35)36)25(15)38-21-12-29(13-21)11-17-3-7-19(28)8-4-17;1-10-16-15(11(2)24)19(25)23(16)17(20(26)27)18(10)28-14-8-22(9-14)7-12-3-5-13(21)6-4-12;;/h3-10,15-16,21-23,32H,11-14H2,1-2H3;3-6,10-11,14-16,24H,7-9H2,1-2H3,(H,26,27);1H;/q;;;+1/p-2/t15-,16-,22-,23-;10-,11-,15-,16-;;/m11../s1. The van der Waals surface area contributed by atoms with E-state index in [2.05, 4.69) is 9.80 Å². The number of hydrogen-bond donors (Lipinski definition) is 2. The Morgan fingerprint density at radius 2 is 1.10 bits per heavy atom. The number of carboxylic acid groups (broad SMARTS) is 1. The molecule has 9 rings (SSSR count). The van der Waals surface area contributed by atoms with Crippen LogP contribution in [0.1, 0.15) is 44.4 Å². The number of benzene rings is 3. The van der Waals surface area contributed by atoms with Crippen LogP contribution in [0.2, 0.25) is 0 Å². The first kappa shape index (κ1) is 54.1. The number of halogens is 3. The summed E-state index contributed by atoms with van der Waals surface area (Å²) < 4.78 is 31.7. The Balaban J connectivity index is 0.000000227. The number of hydrogen-bond acceptors (Lipinski definition) is 14. The number of nitro benzene ring substituents is 1. The fourth-order valence-corrected chi connectivity index (χ4v) is 12.9. The Labute approximate surface area is 449 Å². The topological polar surface area (TPSA) is 197 Å². The van der Waals surface area contributed by atoms with Gasteiger partial charge in [0.2, 0.25) is 11.8 Å². The minimum atomic E-state index is -1.34. The van der Waals surface area contributed by atoms with Crippen LogP contribution < -0.4 is 68.9 Å². The number of carboxylic acids is 1. The Morgan fingerprint density at radius 1 is 0.721 bits per heavy atom. The van der Waals surface area contributed by atoms with E-state index in [1.807, 2.05) is 13.8 Å². The Hall–Kier alpha value is -3.25. The number of carbonyl (C=O) groups excluding carboxylic acids is 4. The molecule has 3 aromatic carbocycles. The monoisotopic (exact) mass is 1020 g/mol. The predicted octanol–water partition coefficient (Wildman–Crippen LogP) is -1.97. The molecule has 0 saturated carbocycles. The van der Waals surface area contributed by atoms with Gasteiger partial charge in [-0.3, -0.25) is 29.5 Å². The van der Waals surface area contributed by atoms with Crippen LogP contribution in [0, 0.1) is 45.4 Å². The van der Waals surface area contributed by atoms with Crippen molar-refractivity contribution in [3.05, 3.63) is 132 Å². The van der Waals surface area contributed by atoms with Crippen molar-refractivity contribution in [1.29, 1.82) is 0 Å². The number of aliphatic hydroxyl groups excluding tert-OH is 2. The molecular weight excluding hydrogens is 971 g/mol. The van der Waals surface area contributed by atoms with E-state index in [0.29, 0.717) is 17.0 Å². The maximum Gasteiger partial charge on any atom is 1.00 e. The zero-order chi connectivity index (χ0) is 47.3. The summed E-state index contributed by atoms with van der Waals surface area (Å²) in [4.78, 5) is 69.3. The number of ether oxygens (including phenoxy) is 1. The molecule has 3 aromatic rings. The van der Waals surface area contributed by atoms with Crippen molar-refractivity contribution in [3.8, 4) is 0 Å². The zero-order valence-corrected chi connectivity index (χ0v) is 43.5. The molecule has 0 aromatic heterocycles. The maximum absolute atomic E-state index is 13.3. The van der Waals surface area contributed by atoms with E-state index in [1.165, 1.54) is 70.1 Å². The van der Waals surface area contributed by atoms with Crippen molar-refractivity contribution in [1.82, 2.24) is 19.6 Å². The SMILES string of the molecule is C[C@@H](O)[C@H]1C(=O)N2C(C(=O)OCc3ccc([N+](=O)[O-])cc3)=C(SC3CN(Cc4ccc(F)cc4)C3)[C@H](C)[C@H]12.C[C@@H](O)[C@H]1C(=O)N2C(C(=O)[O-])=C(SC3CN(Cc4ccc(F)cc4)C3)[C@H](C)[C@H]12.[Cl-].[K+]. The molecule has 0 radical (unpaired) electrons. The fraction of sp³-hybridized carbons (Fsp3) is 0.447. The first-order chi connectivity index (χ1) is 31.4. The second kappa shape index (κ2) is 22.4. The summed E-state index contributed by atoms with van der Waals surface area (Å²) in [5.41, 5.74) is 2.79. The molecule has 2 amide bonds. The molecule has 6 heterocycles. The number of aliphatic carboxylic acids is 1. The van der Waals surface area contributed by atoms with Crippen LogP contribution in [-0.2, 0) is 43.6 Å². The van der Waals surface area contributed by atoms with Gasteiger partial charge < -0.3 is 47.1 Å². The van der Waals surface area contributed by atoms with E-state index in [-0.39, 0.29) is 145 Å². The summed E-state index contributed by atoms with van der Waals surface area (Å²) in [6.07, 6.45) is -1.64. The number of likely N-dealkylation sites (tertiary alicyclic amines) is 2. The van der Waals surface area contributed by atoms with Gasteiger partial charge in [0.05, 0.1) is 52.7 Å². The number of carbonyl (C=O) groups is 4. The summed E-state index contributed by atoms with van der Waals surface area (Å²) in [7, 11) is 0. The van der Waals surface area contributed by atoms with Crippen molar-refractivity contribution >= 4 is 53.0 Å². The third kappa shape index (κ3) is 11.0. The Bertz CT molecular complexity index is 2460. The summed E-state index contributed by atoms with van der Waals surface area (Å²) >= 11 is 3.07. The Kier molecular flexibility index (Phi) is 17.9. The second-order valence-corrected chi connectivity index (χ2v) is 20.5. The molecule has 4 saturated heterocycles. The number of β-lactam (4-membered cyclic amide) rings is 2. The second-order valence-electron chi connectivity index (χ2n) is 17.8. The number of thioether (sulfide) groups is 2. The van der Waals surface area contributed by atoms with Gasteiger partial charge in [0.25, 0.3) is 5.69 Å². The molecule has 4 fully saturated rings. The van der Waals surface area contributed by atoms with Gasteiger partial charge >= 0.3 is 57.4 Å². The van der Waals surface area contributed by atoms with Crippen LogP contribution in [0.4, 0.5) is 14.5 Å². The van der Waals surface area contributed by atoms with Crippen molar-refractivity contribution in [2.75, 3.05) is 26.2 Å². The smallest absolute Gasteiger partial charge is 1.00 e. The van der Waals surface area contributed by atoms with E-state index >= 15 is 0 Å². The molecule has 21 heteroatoms.